The first kappa shape index (κ1) is 26.3. The molecule has 0 atom stereocenters. The van der Waals surface area contributed by atoms with E-state index in [1.54, 1.807) is 0 Å². The van der Waals surface area contributed by atoms with Crippen molar-refractivity contribution in [3.63, 3.8) is 0 Å². The summed E-state index contributed by atoms with van der Waals surface area (Å²) in [5, 5.41) is 0. The zero-order valence-corrected chi connectivity index (χ0v) is 19.4. The van der Waals surface area contributed by atoms with Crippen molar-refractivity contribution in [1.29, 1.82) is 0 Å². The van der Waals surface area contributed by atoms with Gasteiger partial charge in [0.2, 0.25) is 0 Å². The van der Waals surface area contributed by atoms with Gasteiger partial charge in [0, 0.05) is 5.56 Å². The van der Waals surface area contributed by atoms with Crippen LogP contribution in [-0.2, 0) is 6.54 Å². The quantitative estimate of drug-likeness (QED) is 0.408. The molecule has 2 nitrogen and oxygen atoms in total. The van der Waals surface area contributed by atoms with E-state index >= 15 is 0 Å². The summed E-state index contributed by atoms with van der Waals surface area (Å²) in [6, 6.07) is 8.88. The van der Waals surface area contributed by atoms with Gasteiger partial charge in [0.1, 0.15) is 12.3 Å². The van der Waals surface area contributed by atoms with Crippen LogP contribution < -0.4 is 17.1 Å². The normalized spacial score (nSPS) is 11.5. The Kier molecular flexibility index (Phi) is 14.8. The van der Waals surface area contributed by atoms with Gasteiger partial charge in [0.05, 0.1) is 26.2 Å². The molecule has 0 unspecified atom stereocenters. The fraction of sp³-hybridized carbons (Fsp3) is 0.750. The van der Waals surface area contributed by atoms with Crippen molar-refractivity contribution in [2.75, 3.05) is 26.2 Å². The van der Waals surface area contributed by atoms with E-state index in [0.717, 1.165) is 25.3 Å². The number of nitrogens with zero attached hydrogens (tertiary/aromatic N) is 1. The molecule has 0 fully saturated rings. The predicted molar refractivity (Wildman–Crippen MR) is 115 cm³/mol. The molecule has 158 valence electrons. The summed E-state index contributed by atoms with van der Waals surface area (Å²) in [5.74, 6) is 1.74. The first-order chi connectivity index (χ1) is 12.5. The van der Waals surface area contributed by atoms with Crippen molar-refractivity contribution in [1.82, 2.24) is 0 Å². The number of ether oxygens (including phenoxy) is 1. The van der Waals surface area contributed by atoms with E-state index in [-0.39, 0.29) is 12.4 Å². The molecule has 0 N–H and O–H groups in total. The van der Waals surface area contributed by atoms with Crippen molar-refractivity contribution in [3.8, 4) is 5.75 Å². The molecule has 0 amide bonds. The van der Waals surface area contributed by atoms with Gasteiger partial charge >= 0.3 is 0 Å². The molecule has 0 bridgehead atoms. The van der Waals surface area contributed by atoms with Gasteiger partial charge in [-0.05, 0) is 43.7 Å². The molecule has 0 aliphatic heterocycles. The van der Waals surface area contributed by atoms with Gasteiger partial charge in [-0.1, -0.05) is 66.0 Å². The number of halogens is 1. The van der Waals surface area contributed by atoms with Crippen molar-refractivity contribution in [3.05, 3.63) is 29.8 Å². The van der Waals surface area contributed by atoms with Crippen molar-refractivity contribution in [2.45, 2.75) is 86.1 Å². The fourth-order valence-corrected chi connectivity index (χ4v) is 3.59. The van der Waals surface area contributed by atoms with Crippen LogP contribution in [0.4, 0.5) is 0 Å². The van der Waals surface area contributed by atoms with Gasteiger partial charge in [-0.2, -0.15) is 0 Å². The summed E-state index contributed by atoms with van der Waals surface area (Å²) in [6.07, 6.45) is 8.98. The maximum absolute atomic E-state index is 6.01. The Morgan fingerprint density at radius 3 is 1.93 bits per heavy atom. The Balaban J connectivity index is 0.00000676. The molecule has 1 rings (SSSR count). The third-order valence-corrected chi connectivity index (χ3v) is 5.34. The van der Waals surface area contributed by atoms with Crippen LogP contribution in [0.1, 0.15) is 85.1 Å². The fourth-order valence-electron chi connectivity index (χ4n) is 3.59. The summed E-state index contributed by atoms with van der Waals surface area (Å²) in [7, 11) is 0. The molecule has 0 spiro atoms. The molecule has 0 aliphatic rings. The van der Waals surface area contributed by atoms with Gasteiger partial charge in [-0.3, -0.25) is 0 Å². The van der Waals surface area contributed by atoms with Crippen LogP contribution in [0.2, 0.25) is 0 Å². The van der Waals surface area contributed by atoms with Gasteiger partial charge in [0.25, 0.3) is 0 Å². The van der Waals surface area contributed by atoms with Crippen LogP contribution in [0.3, 0.4) is 0 Å². The molecule has 0 radical (unpaired) electrons. The average Bonchev–Trinajstić information content (AvgIpc) is 2.63. The highest BCUT2D eigenvalue weighted by molar-refractivity contribution is 5.28. The molecule has 1 aromatic rings. The summed E-state index contributed by atoms with van der Waals surface area (Å²) < 4.78 is 7.26. The highest BCUT2D eigenvalue weighted by atomic mass is 35.5. The summed E-state index contributed by atoms with van der Waals surface area (Å²) >= 11 is 0. The Hall–Kier alpha value is -0.730. The Bertz CT molecular complexity index is 453. The zero-order valence-electron chi connectivity index (χ0n) is 18.6. The van der Waals surface area contributed by atoms with Crippen LogP contribution in [0, 0.1) is 5.92 Å². The number of unbranched alkanes of at least 4 members (excludes halogenated alkanes) is 3. The maximum Gasteiger partial charge on any atom is 0.119 e. The highest BCUT2D eigenvalue weighted by Gasteiger charge is 2.26. The second-order valence-electron chi connectivity index (χ2n) is 8.41. The third kappa shape index (κ3) is 11.0. The minimum absolute atomic E-state index is 0. The zero-order chi connectivity index (χ0) is 19.3. The van der Waals surface area contributed by atoms with Gasteiger partial charge in [-0.25, -0.2) is 0 Å². The standard InChI is InChI=1S/C24H44NO.ClH/c1-6-9-16-25(17-10-7-2,18-11-8-3)21-23-13-12-14-24(20-23)26-19-15-22(4)5;/h12-14,20,22H,6-11,15-19,21H2,1-5H3;1H/q+1;/p-1. The Labute approximate surface area is 175 Å². The average molecular weight is 398 g/mol. The SMILES string of the molecule is CCCC[N+](CCCC)(CCCC)Cc1cccc(OCCC(C)C)c1.[Cl-]. The van der Waals surface area contributed by atoms with Crippen LogP contribution >= 0.6 is 0 Å². The van der Waals surface area contributed by atoms with Crippen LogP contribution in [0.25, 0.3) is 0 Å². The summed E-state index contributed by atoms with van der Waals surface area (Å²) in [4.78, 5) is 0. The maximum atomic E-state index is 6.01. The van der Waals surface area contributed by atoms with Crippen LogP contribution in [-0.4, -0.2) is 30.7 Å². The molecule has 27 heavy (non-hydrogen) atoms. The lowest BCUT2D eigenvalue weighted by Crippen LogP contribution is -3.00. The number of hydrogen-bond acceptors (Lipinski definition) is 1. The first-order valence-electron chi connectivity index (χ1n) is 11.1. The summed E-state index contributed by atoms with van der Waals surface area (Å²) in [6.45, 7) is 17.4. The molecular weight excluding hydrogens is 354 g/mol. The highest BCUT2D eigenvalue weighted by Crippen LogP contribution is 2.23. The summed E-state index contributed by atoms with van der Waals surface area (Å²) in [5.41, 5.74) is 1.44. The van der Waals surface area contributed by atoms with Crippen molar-refractivity contribution < 1.29 is 21.6 Å². The van der Waals surface area contributed by atoms with Gasteiger partial charge < -0.3 is 21.6 Å². The van der Waals surface area contributed by atoms with E-state index in [9.17, 15) is 0 Å². The Morgan fingerprint density at radius 1 is 0.889 bits per heavy atom. The molecule has 1 aromatic carbocycles. The topological polar surface area (TPSA) is 9.23 Å². The molecule has 0 aromatic heterocycles. The Morgan fingerprint density at radius 2 is 1.44 bits per heavy atom. The molecule has 0 saturated carbocycles. The molecule has 0 saturated heterocycles. The minimum Gasteiger partial charge on any atom is -1.00 e. The van der Waals surface area contributed by atoms with E-state index in [0.29, 0.717) is 5.92 Å². The van der Waals surface area contributed by atoms with E-state index in [1.165, 1.54) is 68.2 Å². The van der Waals surface area contributed by atoms with E-state index < -0.39 is 0 Å². The van der Waals surface area contributed by atoms with E-state index in [2.05, 4.69) is 58.9 Å². The van der Waals surface area contributed by atoms with Gasteiger partial charge in [0.15, 0.2) is 0 Å². The lowest BCUT2D eigenvalue weighted by atomic mass is 10.1. The number of hydrogen-bond donors (Lipinski definition) is 0. The number of quaternary nitrogens is 1. The predicted octanol–water partition coefficient (Wildman–Crippen LogP) is 3.83. The number of benzene rings is 1. The van der Waals surface area contributed by atoms with Crippen molar-refractivity contribution >= 4 is 0 Å². The van der Waals surface area contributed by atoms with Crippen molar-refractivity contribution in [2.24, 2.45) is 5.92 Å². The second-order valence-corrected chi connectivity index (χ2v) is 8.41. The second kappa shape index (κ2) is 15.2. The lowest BCUT2D eigenvalue weighted by Gasteiger charge is -2.39. The minimum atomic E-state index is 0. The van der Waals surface area contributed by atoms with Gasteiger partial charge in [-0.15, -0.1) is 0 Å². The largest absolute Gasteiger partial charge is 1.00 e. The third-order valence-electron chi connectivity index (χ3n) is 5.34. The first-order valence-corrected chi connectivity index (χ1v) is 11.1. The molecule has 0 aliphatic carbocycles. The van der Waals surface area contributed by atoms with Crippen LogP contribution in [0.5, 0.6) is 5.75 Å². The molecular formula is C24H44ClNO. The molecule has 3 heteroatoms. The lowest BCUT2D eigenvalue weighted by molar-refractivity contribution is -0.941. The van der Waals surface area contributed by atoms with E-state index in [1.807, 2.05) is 0 Å². The van der Waals surface area contributed by atoms with Crippen LogP contribution in [0.15, 0.2) is 24.3 Å². The monoisotopic (exact) mass is 397 g/mol. The number of rotatable bonds is 15. The van der Waals surface area contributed by atoms with E-state index in [4.69, 9.17) is 4.74 Å². The molecule has 0 heterocycles. The smallest absolute Gasteiger partial charge is 0.119 e.